The van der Waals surface area contributed by atoms with Crippen molar-refractivity contribution < 1.29 is 19.1 Å². The average molecular weight is 162 g/mol. The van der Waals surface area contributed by atoms with Gasteiger partial charge in [0.05, 0.1) is 7.11 Å². The number of rotatable bonds is 1. The molecule has 4 heteroatoms. The Bertz CT molecular complexity index is 94.6. The number of hydrogen-bond donors (Lipinski definition) is 0. The first kappa shape index (κ1) is 16.4. The number of aldehydes is 1. The zero-order valence-corrected chi connectivity index (χ0v) is 7.29. The molecule has 0 fully saturated rings. The summed E-state index contributed by atoms with van der Waals surface area (Å²) in [7, 11) is 1.31. The number of Topliss-reactive ketones (excluding diaryl/α,β-unsaturated/α-hetero) is 1. The third kappa shape index (κ3) is 11300. The molecule has 0 aliphatic rings. The smallest absolute Gasteiger partial charge is 0.292 e. The monoisotopic (exact) mass is 162 g/mol. The first-order valence-corrected chi connectivity index (χ1v) is 2.90. The topological polar surface area (TPSA) is 60.4 Å². The molecule has 0 saturated heterocycles. The number of ether oxygens (including phenoxy) is 1. The van der Waals surface area contributed by atoms with Crippen molar-refractivity contribution in [1.82, 2.24) is 0 Å². The zero-order valence-electron chi connectivity index (χ0n) is 7.29. The summed E-state index contributed by atoms with van der Waals surface area (Å²) in [6, 6.07) is 0. The van der Waals surface area contributed by atoms with Crippen molar-refractivity contribution in [3.63, 3.8) is 0 Å². The van der Waals surface area contributed by atoms with Gasteiger partial charge in [0.25, 0.3) is 6.47 Å². The maximum atomic E-state index is 9.44. The van der Waals surface area contributed by atoms with Gasteiger partial charge in [-0.2, -0.15) is 0 Å². The van der Waals surface area contributed by atoms with Gasteiger partial charge in [0.1, 0.15) is 12.1 Å². The Balaban J connectivity index is -0.0000000886. The highest BCUT2D eigenvalue weighted by Crippen LogP contribution is 1.50. The molecule has 0 heterocycles. The van der Waals surface area contributed by atoms with Crippen LogP contribution in [0.3, 0.4) is 0 Å². The van der Waals surface area contributed by atoms with Crippen LogP contribution in [-0.2, 0) is 19.1 Å². The van der Waals surface area contributed by atoms with Gasteiger partial charge < -0.3 is 14.3 Å². The molecular formula is C7H14O4. The van der Waals surface area contributed by atoms with Gasteiger partial charge >= 0.3 is 0 Å². The second kappa shape index (κ2) is 23.2. The minimum atomic E-state index is 0.167. The van der Waals surface area contributed by atoms with E-state index in [-0.39, 0.29) is 5.78 Å². The highest BCUT2D eigenvalue weighted by Gasteiger charge is 1.62. The number of ketones is 1. The van der Waals surface area contributed by atoms with Crippen molar-refractivity contribution in [2.24, 2.45) is 0 Å². The van der Waals surface area contributed by atoms with Crippen LogP contribution in [0.15, 0.2) is 0 Å². The van der Waals surface area contributed by atoms with Crippen LogP contribution in [0, 0.1) is 0 Å². The van der Waals surface area contributed by atoms with Gasteiger partial charge in [0.2, 0.25) is 0 Å². The second-order valence-corrected chi connectivity index (χ2v) is 1.48. The Kier molecular flexibility index (Phi) is 34.7. The summed E-state index contributed by atoms with van der Waals surface area (Å²) in [5.74, 6) is 0.167. The summed E-state index contributed by atoms with van der Waals surface area (Å²) in [5, 5.41) is 0. The maximum Gasteiger partial charge on any atom is 0.292 e. The van der Waals surface area contributed by atoms with Crippen LogP contribution in [0.5, 0.6) is 0 Å². The van der Waals surface area contributed by atoms with Gasteiger partial charge in [-0.25, -0.2) is 0 Å². The third-order valence-electron chi connectivity index (χ3n) is 0.0962. The van der Waals surface area contributed by atoms with Crippen LogP contribution in [-0.4, -0.2) is 25.7 Å². The van der Waals surface area contributed by atoms with Crippen LogP contribution in [0.25, 0.3) is 0 Å². The van der Waals surface area contributed by atoms with E-state index in [4.69, 9.17) is 9.59 Å². The Hall–Kier alpha value is -1.19. The molecule has 0 saturated carbocycles. The molecule has 0 aromatic heterocycles. The van der Waals surface area contributed by atoms with E-state index in [1.54, 1.807) is 0 Å². The molecule has 0 rings (SSSR count). The minimum absolute atomic E-state index is 0.167. The fourth-order valence-electron chi connectivity index (χ4n) is 0. The molecule has 0 unspecified atom stereocenters. The summed E-state index contributed by atoms with van der Waals surface area (Å²) in [6.07, 6.45) is 0.750. The van der Waals surface area contributed by atoms with Crippen molar-refractivity contribution in [2.75, 3.05) is 7.11 Å². The summed E-state index contributed by atoms with van der Waals surface area (Å²) < 4.78 is 3.86. The fourth-order valence-corrected chi connectivity index (χ4v) is 0. The van der Waals surface area contributed by atoms with Gasteiger partial charge in [0, 0.05) is 0 Å². The normalized spacial score (nSPS) is 5.45. The van der Waals surface area contributed by atoms with Gasteiger partial charge in [-0.3, -0.25) is 4.79 Å². The van der Waals surface area contributed by atoms with Crippen LogP contribution < -0.4 is 0 Å². The molecule has 0 aliphatic heterocycles. The molecular weight excluding hydrogens is 148 g/mol. The highest BCUT2D eigenvalue weighted by atomic mass is 16.5. The van der Waals surface area contributed by atoms with Crippen molar-refractivity contribution in [3.8, 4) is 0 Å². The lowest BCUT2D eigenvalue weighted by molar-refractivity contribution is -0.126. The lowest BCUT2D eigenvalue weighted by atomic mass is 10.6. The van der Waals surface area contributed by atoms with Crippen LogP contribution in [0.2, 0.25) is 0 Å². The second-order valence-electron chi connectivity index (χ2n) is 1.48. The third-order valence-corrected chi connectivity index (χ3v) is 0.0962. The standard InChI is InChI=1S/C3H6O.C2H4O2.C2H4O/c1-3(2)4;1-4-2-3;1-2-3/h1-2H3;2H,1H3;2H,1H3. The lowest BCUT2D eigenvalue weighted by Crippen LogP contribution is -1.69. The first-order chi connectivity index (χ1) is 5.06. The van der Waals surface area contributed by atoms with E-state index < -0.39 is 0 Å². The Morgan fingerprint density at radius 1 is 1.27 bits per heavy atom. The molecule has 0 bridgehead atoms. The molecule has 0 atom stereocenters. The van der Waals surface area contributed by atoms with E-state index in [1.165, 1.54) is 27.9 Å². The minimum Gasteiger partial charge on any atom is -0.471 e. The molecule has 0 spiro atoms. The first-order valence-electron chi connectivity index (χ1n) is 2.90. The molecule has 0 radical (unpaired) electrons. The van der Waals surface area contributed by atoms with Gasteiger partial charge in [-0.15, -0.1) is 0 Å². The predicted octanol–water partition coefficient (Wildman–Crippen LogP) is 0.590. The molecule has 11 heavy (non-hydrogen) atoms. The number of carbonyl (C=O) groups is 3. The van der Waals surface area contributed by atoms with E-state index >= 15 is 0 Å². The quantitative estimate of drug-likeness (QED) is 0.529. The van der Waals surface area contributed by atoms with E-state index in [0.29, 0.717) is 6.47 Å². The number of carbonyl (C=O) groups excluding carboxylic acids is 3. The average Bonchev–Trinajstić information content (AvgIpc) is 1.88. The number of methoxy groups -OCH3 is 1. The molecule has 66 valence electrons. The SMILES string of the molecule is CC(C)=O.CC=O.COC=O. The van der Waals surface area contributed by atoms with Gasteiger partial charge in [-0.05, 0) is 20.8 Å². The maximum absolute atomic E-state index is 9.44. The summed E-state index contributed by atoms with van der Waals surface area (Å²) in [6.45, 7) is 4.88. The summed E-state index contributed by atoms with van der Waals surface area (Å²) in [5.41, 5.74) is 0. The Labute approximate surface area is 66.5 Å². The van der Waals surface area contributed by atoms with E-state index in [1.807, 2.05) is 0 Å². The van der Waals surface area contributed by atoms with E-state index in [2.05, 4.69) is 4.74 Å². The van der Waals surface area contributed by atoms with Crippen molar-refractivity contribution in [3.05, 3.63) is 0 Å². The molecule has 4 nitrogen and oxygen atoms in total. The van der Waals surface area contributed by atoms with Crippen LogP contribution in [0.4, 0.5) is 0 Å². The molecule has 0 N–H and O–H groups in total. The Morgan fingerprint density at radius 2 is 1.36 bits per heavy atom. The van der Waals surface area contributed by atoms with E-state index in [0.717, 1.165) is 6.29 Å². The molecule has 0 aromatic rings. The summed E-state index contributed by atoms with van der Waals surface area (Å²) in [4.78, 5) is 27.2. The summed E-state index contributed by atoms with van der Waals surface area (Å²) >= 11 is 0. The van der Waals surface area contributed by atoms with Crippen molar-refractivity contribution >= 4 is 18.5 Å². The zero-order chi connectivity index (χ0) is 9.70. The molecule has 0 aromatic carbocycles. The van der Waals surface area contributed by atoms with Gasteiger partial charge in [-0.1, -0.05) is 0 Å². The van der Waals surface area contributed by atoms with Crippen LogP contribution >= 0.6 is 0 Å². The molecule has 0 aliphatic carbocycles. The predicted molar refractivity (Wildman–Crippen MR) is 41.2 cm³/mol. The van der Waals surface area contributed by atoms with Crippen molar-refractivity contribution in [2.45, 2.75) is 20.8 Å². The van der Waals surface area contributed by atoms with Crippen LogP contribution in [0.1, 0.15) is 20.8 Å². The Morgan fingerprint density at radius 3 is 1.36 bits per heavy atom. The number of hydrogen-bond acceptors (Lipinski definition) is 4. The highest BCUT2D eigenvalue weighted by molar-refractivity contribution is 5.72. The fraction of sp³-hybridized carbons (Fsp3) is 0.571. The van der Waals surface area contributed by atoms with Gasteiger partial charge in [0.15, 0.2) is 0 Å². The molecule has 0 amide bonds. The lowest BCUT2D eigenvalue weighted by Gasteiger charge is -1.67. The van der Waals surface area contributed by atoms with Crippen molar-refractivity contribution in [1.29, 1.82) is 0 Å². The largest absolute Gasteiger partial charge is 0.471 e. The van der Waals surface area contributed by atoms with E-state index in [9.17, 15) is 4.79 Å².